The fourth-order valence-electron chi connectivity index (χ4n) is 2.80. The number of hydrogen-bond acceptors (Lipinski definition) is 3. The number of allylic oxidation sites excluding steroid dienone is 1. The number of rotatable bonds is 4. The van der Waals surface area contributed by atoms with Gasteiger partial charge < -0.3 is 14.9 Å². The highest BCUT2D eigenvalue weighted by atomic mass is 16.5. The molecule has 0 saturated carbocycles. The van der Waals surface area contributed by atoms with Gasteiger partial charge in [0.1, 0.15) is 11.5 Å². The molecule has 0 fully saturated rings. The Morgan fingerprint density at radius 3 is 2.90 bits per heavy atom. The number of aliphatic hydroxyl groups is 1. The predicted molar refractivity (Wildman–Crippen MR) is 81.7 cm³/mol. The van der Waals surface area contributed by atoms with Crippen LogP contribution in [-0.2, 0) is 13.0 Å². The summed E-state index contributed by atoms with van der Waals surface area (Å²) in [6.45, 7) is 4.55. The minimum absolute atomic E-state index is 0.00299. The molecule has 0 bridgehead atoms. The van der Waals surface area contributed by atoms with Crippen molar-refractivity contribution in [1.82, 2.24) is 0 Å². The number of hydrogen-bond donors (Lipinski definition) is 2. The maximum Gasteiger partial charge on any atom is 0.123 e. The third-order valence-corrected chi connectivity index (χ3v) is 3.90. The highest BCUT2D eigenvalue weighted by Gasteiger charge is 2.20. The van der Waals surface area contributed by atoms with E-state index >= 15 is 0 Å². The lowest BCUT2D eigenvalue weighted by Crippen LogP contribution is -2.00. The molecule has 1 heterocycles. The van der Waals surface area contributed by atoms with Crippen LogP contribution in [0.15, 0.2) is 49.1 Å². The third-order valence-electron chi connectivity index (χ3n) is 3.90. The average Bonchev–Trinajstić information content (AvgIpc) is 2.95. The summed E-state index contributed by atoms with van der Waals surface area (Å²) in [5.41, 5.74) is 3.66. The van der Waals surface area contributed by atoms with Crippen LogP contribution < -0.4 is 4.74 Å². The number of aliphatic hydroxyl groups excluding tert-OH is 1. The molecule has 0 spiro atoms. The van der Waals surface area contributed by atoms with Crippen LogP contribution in [0.1, 0.15) is 28.2 Å². The zero-order valence-corrected chi connectivity index (χ0v) is 11.7. The molecule has 1 unspecified atom stereocenters. The molecule has 0 aromatic heterocycles. The fraction of sp³-hybridized carbons (Fsp3) is 0.222. The van der Waals surface area contributed by atoms with Crippen molar-refractivity contribution in [2.24, 2.45) is 0 Å². The molecule has 3 rings (SSSR count). The van der Waals surface area contributed by atoms with Crippen LogP contribution >= 0.6 is 0 Å². The Bertz CT molecular complexity index is 676. The van der Waals surface area contributed by atoms with Crippen molar-refractivity contribution in [3.05, 3.63) is 71.3 Å². The standard InChI is InChI=1S/C18H18O3/c1-2-15(13-5-3-4-12(8-13)11-19)16-10-18-14(6-7-21-18)9-17(16)20/h2-5,8-10,15,19-20H,1,6-7,11H2. The first-order valence-corrected chi connectivity index (χ1v) is 7.03. The summed E-state index contributed by atoms with van der Waals surface area (Å²) in [5, 5.41) is 19.6. The Morgan fingerprint density at radius 2 is 2.14 bits per heavy atom. The van der Waals surface area contributed by atoms with Crippen molar-refractivity contribution in [3.63, 3.8) is 0 Å². The second kappa shape index (κ2) is 5.62. The summed E-state index contributed by atoms with van der Waals surface area (Å²) in [6, 6.07) is 11.4. The van der Waals surface area contributed by atoms with Crippen LogP contribution in [0.3, 0.4) is 0 Å². The van der Waals surface area contributed by atoms with Gasteiger partial charge in [0.15, 0.2) is 0 Å². The molecule has 1 atom stereocenters. The molecule has 2 aromatic carbocycles. The molecule has 0 saturated heterocycles. The lowest BCUT2D eigenvalue weighted by Gasteiger charge is -2.17. The van der Waals surface area contributed by atoms with E-state index < -0.39 is 0 Å². The van der Waals surface area contributed by atoms with Crippen molar-refractivity contribution in [1.29, 1.82) is 0 Å². The predicted octanol–water partition coefficient (Wildman–Crippen LogP) is 3.14. The Kier molecular flexibility index (Phi) is 3.67. The van der Waals surface area contributed by atoms with Gasteiger partial charge in [-0.25, -0.2) is 0 Å². The quantitative estimate of drug-likeness (QED) is 0.847. The molecule has 108 valence electrons. The zero-order valence-electron chi connectivity index (χ0n) is 11.7. The van der Waals surface area contributed by atoms with E-state index in [2.05, 4.69) is 6.58 Å². The second-order valence-corrected chi connectivity index (χ2v) is 5.23. The number of fused-ring (bicyclic) bond motifs is 1. The Labute approximate surface area is 124 Å². The molecule has 1 aliphatic rings. The molecular weight excluding hydrogens is 264 g/mol. The van der Waals surface area contributed by atoms with Crippen LogP contribution in [0.2, 0.25) is 0 Å². The number of ether oxygens (including phenoxy) is 1. The summed E-state index contributed by atoms with van der Waals surface area (Å²) in [6.07, 6.45) is 2.63. The number of aromatic hydroxyl groups is 1. The van der Waals surface area contributed by atoms with E-state index in [1.165, 1.54) is 0 Å². The monoisotopic (exact) mass is 282 g/mol. The van der Waals surface area contributed by atoms with E-state index in [1.807, 2.05) is 30.3 Å². The van der Waals surface area contributed by atoms with E-state index in [-0.39, 0.29) is 18.3 Å². The first-order valence-electron chi connectivity index (χ1n) is 7.03. The molecule has 3 nitrogen and oxygen atoms in total. The number of phenols is 1. The van der Waals surface area contributed by atoms with Crippen molar-refractivity contribution in [2.45, 2.75) is 18.9 Å². The molecule has 2 N–H and O–H groups in total. The van der Waals surface area contributed by atoms with Crippen molar-refractivity contribution >= 4 is 0 Å². The van der Waals surface area contributed by atoms with Gasteiger partial charge >= 0.3 is 0 Å². The highest BCUT2D eigenvalue weighted by Crippen LogP contribution is 2.39. The molecule has 2 aromatic rings. The van der Waals surface area contributed by atoms with Gasteiger partial charge in [-0.2, -0.15) is 0 Å². The van der Waals surface area contributed by atoms with E-state index in [9.17, 15) is 10.2 Å². The van der Waals surface area contributed by atoms with Gasteiger partial charge in [0.2, 0.25) is 0 Å². The van der Waals surface area contributed by atoms with Crippen molar-refractivity contribution in [2.75, 3.05) is 6.61 Å². The maximum atomic E-state index is 10.3. The van der Waals surface area contributed by atoms with Crippen LogP contribution in [0, 0.1) is 0 Å². The van der Waals surface area contributed by atoms with E-state index in [0.717, 1.165) is 34.4 Å². The molecule has 1 aliphatic heterocycles. The van der Waals surface area contributed by atoms with Gasteiger partial charge in [0.25, 0.3) is 0 Å². The largest absolute Gasteiger partial charge is 0.508 e. The average molecular weight is 282 g/mol. The van der Waals surface area contributed by atoms with E-state index in [0.29, 0.717) is 6.61 Å². The molecule has 0 amide bonds. The van der Waals surface area contributed by atoms with Crippen molar-refractivity contribution < 1.29 is 14.9 Å². The summed E-state index contributed by atoms with van der Waals surface area (Å²) in [5.74, 6) is 0.970. The van der Waals surface area contributed by atoms with Crippen LogP contribution in [0.5, 0.6) is 11.5 Å². The second-order valence-electron chi connectivity index (χ2n) is 5.23. The minimum Gasteiger partial charge on any atom is -0.508 e. The van der Waals surface area contributed by atoms with E-state index in [1.54, 1.807) is 12.1 Å². The minimum atomic E-state index is -0.133. The fourth-order valence-corrected chi connectivity index (χ4v) is 2.80. The van der Waals surface area contributed by atoms with Crippen LogP contribution in [-0.4, -0.2) is 16.8 Å². The molecule has 3 heteroatoms. The Balaban J connectivity index is 2.05. The summed E-state index contributed by atoms with van der Waals surface area (Å²) in [4.78, 5) is 0. The maximum absolute atomic E-state index is 10.3. The molecular formula is C18H18O3. The third kappa shape index (κ3) is 2.52. The smallest absolute Gasteiger partial charge is 0.123 e. The number of phenolic OH excluding ortho intramolecular Hbond substituents is 1. The van der Waals surface area contributed by atoms with Gasteiger partial charge in [-0.05, 0) is 23.3 Å². The summed E-state index contributed by atoms with van der Waals surface area (Å²) in [7, 11) is 0. The molecule has 0 radical (unpaired) electrons. The molecule has 0 aliphatic carbocycles. The zero-order chi connectivity index (χ0) is 14.8. The van der Waals surface area contributed by atoms with Gasteiger partial charge in [-0.15, -0.1) is 6.58 Å². The highest BCUT2D eigenvalue weighted by molar-refractivity contribution is 5.52. The van der Waals surface area contributed by atoms with E-state index in [4.69, 9.17) is 4.74 Å². The lowest BCUT2D eigenvalue weighted by atomic mass is 9.89. The first kappa shape index (κ1) is 13.7. The Hall–Kier alpha value is -2.26. The van der Waals surface area contributed by atoms with Crippen LogP contribution in [0.25, 0.3) is 0 Å². The van der Waals surface area contributed by atoms with Gasteiger partial charge in [0.05, 0.1) is 13.2 Å². The van der Waals surface area contributed by atoms with Gasteiger partial charge in [-0.1, -0.05) is 30.3 Å². The van der Waals surface area contributed by atoms with Gasteiger partial charge in [0, 0.05) is 23.5 Å². The van der Waals surface area contributed by atoms with Crippen molar-refractivity contribution in [3.8, 4) is 11.5 Å². The lowest BCUT2D eigenvalue weighted by molar-refractivity contribution is 0.281. The molecule has 21 heavy (non-hydrogen) atoms. The summed E-state index contributed by atoms with van der Waals surface area (Å²) < 4.78 is 5.58. The van der Waals surface area contributed by atoms with Gasteiger partial charge in [-0.3, -0.25) is 0 Å². The van der Waals surface area contributed by atoms with Crippen LogP contribution in [0.4, 0.5) is 0 Å². The SMILES string of the molecule is C=CC(c1cccc(CO)c1)c1cc2c(cc1O)CCO2. The topological polar surface area (TPSA) is 49.7 Å². The normalized spacial score (nSPS) is 14.3. The summed E-state index contributed by atoms with van der Waals surface area (Å²) >= 11 is 0. The first-order chi connectivity index (χ1) is 10.2. The Morgan fingerprint density at radius 1 is 1.29 bits per heavy atom. The number of benzene rings is 2.